The van der Waals surface area contributed by atoms with E-state index in [1.807, 2.05) is 49.7 Å². The summed E-state index contributed by atoms with van der Waals surface area (Å²) in [6, 6.07) is 13.2. The number of nitrogens with one attached hydrogen (secondary N) is 3. The Morgan fingerprint density at radius 1 is 1.06 bits per heavy atom. The van der Waals surface area contributed by atoms with Crippen LogP contribution in [0.2, 0.25) is 0 Å². The van der Waals surface area contributed by atoms with Crippen LogP contribution >= 0.6 is 0 Å². The molecule has 0 unspecified atom stereocenters. The molecule has 2 aromatic heterocycles. The van der Waals surface area contributed by atoms with Gasteiger partial charge in [0.2, 0.25) is 11.9 Å². The zero-order valence-electron chi connectivity index (χ0n) is 20.1. The lowest BCUT2D eigenvalue weighted by Gasteiger charge is -2.13. The molecule has 0 aliphatic heterocycles. The third kappa shape index (κ3) is 5.58. The first-order chi connectivity index (χ1) is 16.8. The van der Waals surface area contributed by atoms with E-state index in [0.717, 1.165) is 17.8 Å². The molecule has 0 aliphatic carbocycles. The lowest BCUT2D eigenvalue weighted by Crippen LogP contribution is -2.09. The first-order valence-corrected chi connectivity index (χ1v) is 11.2. The number of benzene rings is 2. The van der Waals surface area contributed by atoms with Gasteiger partial charge in [-0.05, 0) is 56.8 Å². The fraction of sp³-hybridized carbons (Fsp3) is 0.250. The number of nitrogens with zero attached hydrogens (tertiary/aromatic N) is 6. The van der Waals surface area contributed by atoms with Crippen LogP contribution in [0.25, 0.3) is 11.2 Å². The van der Waals surface area contributed by atoms with Crippen molar-refractivity contribution in [3.05, 3.63) is 54.4 Å². The molecule has 0 bridgehead atoms. The highest BCUT2D eigenvalue weighted by molar-refractivity contribution is 5.94. The third-order valence-electron chi connectivity index (χ3n) is 5.16. The molecule has 1 amide bonds. The van der Waals surface area contributed by atoms with Crippen LogP contribution in [-0.4, -0.2) is 32.5 Å². The molecule has 0 saturated carbocycles. The molecule has 11 heteroatoms. The summed E-state index contributed by atoms with van der Waals surface area (Å²) in [6.07, 6.45) is 1.69. The summed E-state index contributed by atoms with van der Waals surface area (Å²) >= 11 is 0. The SMILES string of the molecule is CNCc1ccc(N=Nc2ccc(NC(C)=O)c(Nc3nc(N)c4ncn(C(C)C)c4n3)c2)cc1. The zero-order chi connectivity index (χ0) is 24.9. The predicted molar refractivity (Wildman–Crippen MR) is 138 cm³/mol. The minimum atomic E-state index is -0.210. The number of anilines is 4. The second kappa shape index (κ2) is 10.3. The number of carbonyl (C=O) groups is 1. The molecule has 2 aromatic carbocycles. The van der Waals surface area contributed by atoms with Crippen molar-refractivity contribution in [3.8, 4) is 0 Å². The van der Waals surface area contributed by atoms with Crippen molar-refractivity contribution in [2.75, 3.05) is 23.4 Å². The summed E-state index contributed by atoms with van der Waals surface area (Å²) in [5.74, 6) is 0.326. The van der Waals surface area contributed by atoms with Crippen molar-refractivity contribution in [1.29, 1.82) is 0 Å². The lowest BCUT2D eigenvalue weighted by atomic mass is 10.2. The van der Waals surface area contributed by atoms with Gasteiger partial charge in [0.15, 0.2) is 11.5 Å². The van der Waals surface area contributed by atoms with E-state index >= 15 is 0 Å². The molecule has 0 aliphatic rings. The molecule has 4 rings (SSSR count). The summed E-state index contributed by atoms with van der Waals surface area (Å²) in [4.78, 5) is 25.0. The normalized spacial score (nSPS) is 11.5. The molecule has 4 aromatic rings. The van der Waals surface area contributed by atoms with E-state index in [0.29, 0.717) is 28.2 Å². The number of nitrogens with two attached hydrogens (primary N) is 1. The monoisotopic (exact) mass is 472 g/mol. The molecular formula is C24H28N10O. The van der Waals surface area contributed by atoms with Gasteiger partial charge in [-0.15, -0.1) is 0 Å². The number of hydrogen-bond acceptors (Lipinski definition) is 9. The maximum atomic E-state index is 11.8. The molecule has 180 valence electrons. The van der Waals surface area contributed by atoms with Crippen LogP contribution in [0.15, 0.2) is 59.0 Å². The highest BCUT2D eigenvalue weighted by Crippen LogP contribution is 2.31. The molecule has 2 heterocycles. The first-order valence-electron chi connectivity index (χ1n) is 11.2. The van der Waals surface area contributed by atoms with Crippen LogP contribution in [0, 0.1) is 0 Å². The van der Waals surface area contributed by atoms with Crippen molar-refractivity contribution >= 4 is 51.6 Å². The van der Waals surface area contributed by atoms with Gasteiger partial charge in [-0.3, -0.25) is 4.79 Å². The van der Waals surface area contributed by atoms with E-state index in [1.165, 1.54) is 6.92 Å². The second-order valence-corrected chi connectivity index (χ2v) is 8.28. The molecule has 11 nitrogen and oxygen atoms in total. The summed E-state index contributed by atoms with van der Waals surface area (Å²) in [5, 5.41) is 17.7. The summed E-state index contributed by atoms with van der Waals surface area (Å²) in [5.41, 5.74) is 10.9. The van der Waals surface area contributed by atoms with E-state index in [9.17, 15) is 4.79 Å². The van der Waals surface area contributed by atoms with E-state index in [-0.39, 0.29) is 23.7 Å². The van der Waals surface area contributed by atoms with Gasteiger partial charge in [0.05, 0.1) is 29.1 Å². The molecule has 0 atom stereocenters. The summed E-state index contributed by atoms with van der Waals surface area (Å²) in [7, 11) is 1.90. The fourth-order valence-corrected chi connectivity index (χ4v) is 3.49. The molecule has 0 fully saturated rings. The van der Waals surface area contributed by atoms with Crippen molar-refractivity contribution in [1.82, 2.24) is 24.8 Å². The summed E-state index contributed by atoms with van der Waals surface area (Å²) < 4.78 is 1.92. The van der Waals surface area contributed by atoms with E-state index < -0.39 is 0 Å². The Hall–Kier alpha value is -4.38. The average molecular weight is 473 g/mol. The Bertz CT molecular complexity index is 1380. The van der Waals surface area contributed by atoms with Gasteiger partial charge in [-0.25, -0.2) is 4.98 Å². The molecular weight excluding hydrogens is 444 g/mol. The topological polar surface area (TPSA) is 148 Å². The zero-order valence-corrected chi connectivity index (χ0v) is 20.1. The van der Waals surface area contributed by atoms with E-state index in [2.05, 4.69) is 41.1 Å². The van der Waals surface area contributed by atoms with Crippen LogP contribution in [-0.2, 0) is 11.3 Å². The number of rotatable bonds is 8. The van der Waals surface area contributed by atoms with Crippen molar-refractivity contribution in [3.63, 3.8) is 0 Å². The van der Waals surface area contributed by atoms with Crippen molar-refractivity contribution < 1.29 is 4.79 Å². The highest BCUT2D eigenvalue weighted by atomic mass is 16.1. The van der Waals surface area contributed by atoms with Gasteiger partial charge in [0.1, 0.15) is 5.52 Å². The number of imidazole rings is 1. The quantitative estimate of drug-likeness (QED) is 0.269. The second-order valence-electron chi connectivity index (χ2n) is 8.28. The minimum absolute atomic E-state index is 0.146. The standard InChI is InChI=1S/C24H28N10O/c1-14(2)34-13-27-21-22(25)30-24(31-23(21)34)29-20-11-18(9-10-19(20)28-15(3)35)33-32-17-7-5-16(6-8-17)12-26-4/h5-11,13-14,26H,12H2,1-4H3,(H,28,35)(H3,25,29,30,31). The van der Waals surface area contributed by atoms with Crippen molar-refractivity contribution in [2.45, 2.75) is 33.4 Å². The lowest BCUT2D eigenvalue weighted by molar-refractivity contribution is -0.114. The fourth-order valence-electron chi connectivity index (χ4n) is 3.49. The Kier molecular flexibility index (Phi) is 6.97. The Labute approximate surface area is 202 Å². The average Bonchev–Trinajstić information content (AvgIpc) is 3.25. The number of hydrogen-bond donors (Lipinski definition) is 4. The van der Waals surface area contributed by atoms with Crippen LogP contribution in [0.3, 0.4) is 0 Å². The Balaban J connectivity index is 1.65. The Morgan fingerprint density at radius 2 is 1.77 bits per heavy atom. The van der Waals surface area contributed by atoms with E-state index in [1.54, 1.807) is 24.5 Å². The van der Waals surface area contributed by atoms with Crippen LogP contribution in [0.4, 0.5) is 34.5 Å². The minimum Gasteiger partial charge on any atom is -0.382 e. The summed E-state index contributed by atoms with van der Waals surface area (Å²) in [6.45, 7) is 6.29. The first kappa shape index (κ1) is 23.8. The maximum Gasteiger partial charge on any atom is 0.231 e. The number of azo groups is 1. The van der Waals surface area contributed by atoms with Crippen LogP contribution in [0.1, 0.15) is 32.4 Å². The third-order valence-corrected chi connectivity index (χ3v) is 5.16. The number of carbonyl (C=O) groups excluding carboxylic acids is 1. The molecule has 0 saturated heterocycles. The van der Waals surface area contributed by atoms with Crippen LogP contribution < -0.4 is 21.7 Å². The smallest absolute Gasteiger partial charge is 0.231 e. The maximum absolute atomic E-state index is 11.8. The van der Waals surface area contributed by atoms with Gasteiger partial charge in [0, 0.05) is 19.5 Å². The van der Waals surface area contributed by atoms with Crippen LogP contribution in [0.5, 0.6) is 0 Å². The van der Waals surface area contributed by atoms with Gasteiger partial charge in [-0.1, -0.05) is 12.1 Å². The predicted octanol–water partition coefficient (Wildman–Crippen LogP) is 4.83. The number of amides is 1. The van der Waals surface area contributed by atoms with Crippen molar-refractivity contribution in [2.24, 2.45) is 10.2 Å². The number of fused-ring (bicyclic) bond motifs is 1. The molecule has 35 heavy (non-hydrogen) atoms. The van der Waals surface area contributed by atoms with Gasteiger partial charge < -0.3 is 26.3 Å². The highest BCUT2D eigenvalue weighted by Gasteiger charge is 2.14. The van der Waals surface area contributed by atoms with Gasteiger partial charge in [-0.2, -0.15) is 20.2 Å². The molecule has 5 N–H and O–H groups in total. The largest absolute Gasteiger partial charge is 0.382 e. The van der Waals surface area contributed by atoms with Gasteiger partial charge in [0.25, 0.3) is 0 Å². The molecule has 0 radical (unpaired) electrons. The number of aromatic nitrogens is 4. The Morgan fingerprint density at radius 3 is 2.46 bits per heavy atom. The van der Waals surface area contributed by atoms with E-state index in [4.69, 9.17) is 5.73 Å². The number of nitrogen functional groups attached to an aromatic ring is 1. The molecule has 0 spiro atoms. The van der Waals surface area contributed by atoms with Gasteiger partial charge >= 0.3 is 0 Å².